The molecule has 94 valence electrons. The fraction of sp³-hybridized carbons (Fsp3) is 0.462. The number of ether oxygens (including phenoxy) is 1. The summed E-state index contributed by atoms with van der Waals surface area (Å²) in [5.41, 5.74) is 0.908. The standard InChI is InChI=1S/C13H11Cl2NO2/c14-8-2-1-7-9(5-18-11(7)10(8)15)16-12(17)13-3-6(13)4-13/h1-2,6,9H,3-5H2,(H,16,17). The van der Waals surface area contributed by atoms with Crippen molar-refractivity contribution in [1.29, 1.82) is 0 Å². The van der Waals surface area contributed by atoms with Gasteiger partial charge in [-0.05, 0) is 24.8 Å². The van der Waals surface area contributed by atoms with Gasteiger partial charge in [0.25, 0.3) is 0 Å². The van der Waals surface area contributed by atoms with Crippen molar-refractivity contribution in [3.63, 3.8) is 0 Å². The molecule has 0 saturated heterocycles. The Morgan fingerprint density at radius 2 is 2.11 bits per heavy atom. The summed E-state index contributed by atoms with van der Waals surface area (Å²) in [5.74, 6) is 1.42. The molecule has 18 heavy (non-hydrogen) atoms. The van der Waals surface area contributed by atoms with Crippen LogP contribution in [-0.4, -0.2) is 12.5 Å². The summed E-state index contributed by atoms with van der Waals surface area (Å²) in [6.07, 6.45) is 2.11. The Kier molecular flexibility index (Phi) is 2.03. The van der Waals surface area contributed by atoms with Crippen LogP contribution in [0.25, 0.3) is 0 Å². The first-order chi connectivity index (χ1) is 8.62. The van der Waals surface area contributed by atoms with Crippen LogP contribution in [0.2, 0.25) is 10.0 Å². The predicted molar refractivity (Wildman–Crippen MR) is 68.0 cm³/mol. The number of amides is 1. The molecule has 2 saturated carbocycles. The number of halogens is 2. The van der Waals surface area contributed by atoms with E-state index in [4.69, 9.17) is 27.9 Å². The largest absolute Gasteiger partial charge is 0.489 e. The van der Waals surface area contributed by atoms with Crippen LogP contribution in [0, 0.1) is 11.3 Å². The lowest BCUT2D eigenvalue weighted by Crippen LogP contribution is -2.32. The zero-order valence-electron chi connectivity index (χ0n) is 9.50. The molecule has 0 spiro atoms. The number of hydrogen-bond donors (Lipinski definition) is 1. The Labute approximate surface area is 114 Å². The molecule has 1 heterocycles. The minimum atomic E-state index is -0.0986. The smallest absolute Gasteiger partial charge is 0.227 e. The third kappa shape index (κ3) is 1.35. The number of benzene rings is 1. The van der Waals surface area contributed by atoms with Crippen LogP contribution in [0.1, 0.15) is 24.4 Å². The number of rotatable bonds is 2. The van der Waals surface area contributed by atoms with E-state index in [0.717, 1.165) is 18.4 Å². The highest BCUT2D eigenvalue weighted by molar-refractivity contribution is 6.43. The van der Waals surface area contributed by atoms with E-state index in [9.17, 15) is 4.79 Å². The molecular weight excluding hydrogens is 273 g/mol. The second-order valence-corrected chi connectivity index (χ2v) is 6.16. The lowest BCUT2D eigenvalue weighted by molar-refractivity contribution is -0.125. The topological polar surface area (TPSA) is 38.3 Å². The normalized spacial score (nSPS) is 34.3. The van der Waals surface area contributed by atoms with Gasteiger partial charge in [0.1, 0.15) is 17.4 Å². The molecule has 0 bridgehead atoms. The van der Waals surface area contributed by atoms with Crippen LogP contribution in [-0.2, 0) is 4.79 Å². The van der Waals surface area contributed by atoms with Crippen molar-refractivity contribution in [2.45, 2.75) is 18.9 Å². The molecule has 1 aromatic rings. The molecule has 2 aliphatic carbocycles. The van der Waals surface area contributed by atoms with E-state index in [0.29, 0.717) is 28.3 Å². The highest BCUT2D eigenvalue weighted by Crippen LogP contribution is 2.75. The molecule has 5 heteroatoms. The van der Waals surface area contributed by atoms with E-state index in [1.54, 1.807) is 6.07 Å². The molecule has 1 aliphatic heterocycles. The van der Waals surface area contributed by atoms with Gasteiger partial charge in [-0.3, -0.25) is 4.79 Å². The van der Waals surface area contributed by atoms with E-state index >= 15 is 0 Å². The summed E-state index contributed by atoms with van der Waals surface area (Å²) in [5, 5.41) is 3.97. The van der Waals surface area contributed by atoms with Crippen molar-refractivity contribution in [3.05, 3.63) is 27.7 Å². The number of carbonyl (C=O) groups is 1. The molecule has 3 nitrogen and oxygen atoms in total. The van der Waals surface area contributed by atoms with Crippen molar-refractivity contribution in [2.24, 2.45) is 11.3 Å². The average molecular weight is 284 g/mol. The lowest BCUT2D eigenvalue weighted by atomic mass is 10.1. The second-order valence-electron chi connectivity index (χ2n) is 5.38. The van der Waals surface area contributed by atoms with Gasteiger partial charge in [-0.2, -0.15) is 0 Å². The summed E-state index contributed by atoms with van der Waals surface area (Å²) in [4.78, 5) is 12.1. The SMILES string of the molecule is O=C(NC1COc2c1ccc(Cl)c2Cl)C12CC1C2. The number of nitrogens with one attached hydrogen (secondary N) is 1. The molecule has 0 radical (unpaired) electrons. The maximum absolute atomic E-state index is 12.1. The quantitative estimate of drug-likeness (QED) is 0.906. The van der Waals surface area contributed by atoms with Crippen LogP contribution < -0.4 is 10.1 Å². The van der Waals surface area contributed by atoms with Crippen molar-refractivity contribution >= 4 is 29.1 Å². The van der Waals surface area contributed by atoms with E-state index in [1.165, 1.54) is 0 Å². The molecule has 2 fully saturated rings. The Morgan fingerprint density at radius 3 is 2.78 bits per heavy atom. The Bertz CT molecular complexity index is 566. The maximum Gasteiger partial charge on any atom is 0.227 e. The van der Waals surface area contributed by atoms with Gasteiger partial charge < -0.3 is 10.1 Å². The zero-order valence-corrected chi connectivity index (χ0v) is 11.0. The summed E-state index contributed by atoms with van der Waals surface area (Å²) in [7, 11) is 0. The van der Waals surface area contributed by atoms with Crippen molar-refractivity contribution in [3.8, 4) is 5.75 Å². The predicted octanol–water partition coefficient (Wildman–Crippen LogP) is 2.95. The van der Waals surface area contributed by atoms with E-state index < -0.39 is 0 Å². The Hall–Kier alpha value is -0.930. The first kappa shape index (κ1) is 10.9. The minimum Gasteiger partial charge on any atom is -0.489 e. The van der Waals surface area contributed by atoms with Crippen LogP contribution in [0.3, 0.4) is 0 Å². The number of hydrogen-bond acceptors (Lipinski definition) is 2. The van der Waals surface area contributed by atoms with Gasteiger partial charge in [0, 0.05) is 5.56 Å². The van der Waals surface area contributed by atoms with Crippen molar-refractivity contribution in [1.82, 2.24) is 5.32 Å². The van der Waals surface area contributed by atoms with Crippen molar-refractivity contribution < 1.29 is 9.53 Å². The Balaban J connectivity index is 1.59. The molecule has 3 aliphatic rings. The third-order valence-corrected chi connectivity index (χ3v) is 5.08. The van der Waals surface area contributed by atoms with Gasteiger partial charge >= 0.3 is 0 Å². The molecule has 1 aromatic carbocycles. The molecular formula is C13H11Cl2NO2. The van der Waals surface area contributed by atoms with E-state index in [-0.39, 0.29) is 17.4 Å². The first-order valence-corrected chi connectivity index (χ1v) is 6.79. The zero-order chi connectivity index (χ0) is 12.5. The lowest BCUT2D eigenvalue weighted by Gasteiger charge is -2.13. The number of fused-ring (bicyclic) bond motifs is 2. The van der Waals surface area contributed by atoms with Gasteiger partial charge in [0.05, 0.1) is 16.5 Å². The van der Waals surface area contributed by atoms with Gasteiger partial charge in [0.15, 0.2) is 0 Å². The first-order valence-electron chi connectivity index (χ1n) is 6.03. The van der Waals surface area contributed by atoms with Gasteiger partial charge in [-0.1, -0.05) is 29.3 Å². The minimum absolute atomic E-state index is 0.0149. The van der Waals surface area contributed by atoms with Gasteiger partial charge in [0.2, 0.25) is 5.91 Å². The van der Waals surface area contributed by atoms with Crippen molar-refractivity contribution in [2.75, 3.05) is 6.61 Å². The highest BCUT2D eigenvalue weighted by Gasteiger charge is 2.74. The Morgan fingerprint density at radius 1 is 1.39 bits per heavy atom. The number of carbonyl (C=O) groups excluding carboxylic acids is 1. The van der Waals surface area contributed by atoms with Gasteiger partial charge in [-0.15, -0.1) is 0 Å². The van der Waals surface area contributed by atoms with Crippen LogP contribution in [0.4, 0.5) is 0 Å². The molecule has 1 unspecified atom stereocenters. The summed E-state index contributed by atoms with van der Waals surface area (Å²) < 4.78 is 5.54. The highest BCUT2D eigenvalue weighted by atomic mass is 35.5. The summed E-state index contributed by atoms with van der Waals surface area (Å²) in [6, 6.07) is 3.51. The monoisotopic (exact) mass is 283 g/mol. The van der Waals surface area contributed by atoms with Crippen LogP contribution in [0.15, 0.2) is 12.1 Å². The maximum atomic E-state index is 12.1. The fourth-order valence-electron chi connectivity index (χ4n) is 2.72. The average Bonchev–Trinajstić information content (AvgIpc) is 3.15. The molecule has 1 atom stereocenters. The third-order valence-electron chi connectivity index (χ3n) is 4.29. The summed E-state index contributed by atoms with van der Waals surface area (Å²) >= 11 is 12.0. The molecule has 0 aromatic heterocycles. The summed E-state index contributed by atoms with van der Waals surface area (Å²) in [6.45, 7) is 0.432. The van der Waals surface area contributed by atoms with Crippen LogP contribution >= 0.6 is 23.2 Å². The van der Waals surface area contributed by atoms with Gasteiger partial charge in [-0.25, -0.2) is 0 Å². The fourth-order valence-corrected chi connectivity index (χ4v) is 3.09. The van der Waals surface area contributed by atoms with E-state index in [1.807, 2.05) is 6.07 Å². The molecule has 1 amide bonds. The second kappa shape index (κ2) is 3.34. The molecule has 1 N–H and O–H groups in total. The van der Waals surface area contributed by atoms with Crippen LogP contribution in [0.5, 0.6) is 5.75 Å². The molecule has 4 rings (SSSR count). The van der Waals surface area contributed by atoms with E-state index in [2.05, 4.69) is 5.32 Å².